The number of nitriles is 1. The van der Waals surface area contributed by atoms with Crippen molar-refractivity contribution >= 4 is 12.2 Å². The molecule has 5 heteroatoms. The summed E-state index contributed by atoms with van der Waals surface area (Å²) in [6, 6.07) is 16.3. The molecule has 0 saturated heterocycles. The lowest BCUT2D eigenvalue weighted by molar-refractivity contribution is 0.249. The number of urea groups is 1. The summed E-state index contributed by atoms with van der Waals surface area (Å²) in [7, 11) is 0. The summed E-state index contributed by atoms with van der Waals surface area (Å²) in [6.07, 6.45) is 1.50. The van der Waals surface area contributed by atoms with E-state index < -0.39 is 6.03 Å². The van der Waals surface area contributed by atoms with Gasteiger partial charge in [0.05, 0.1) is 17.8 Å². The monoisotopic (exact) mass is 264 g/mol. The van der Waals surface area contributed by atoms with E-state index in [-0.39, 0.29) is 0 Å². The summed E-state index contributed by atoms with van der Waals surface area (Å²) in [5, 5.41) is 12.6. The fourth-order valence-electron chi connectivity index (χ4n) is 1.74. The van der Waals surface area contributed by atoms with Crippen molar-refractivity contribution < 1.29 is 4.79 Å². The zero-order chi connectivity index (χ0) is 14.4. The van der Waals surface area contributed by atoms with Gasteiger partial charge in [-0.3, -0.25) is 0 Å². The van der Waals surface area contributed by atoms with E-state index in [1.165, 1.54) is 6.21 Å². The summed E-state index contributed by atoms with van der Waals surface area (Å²) in [5.74, 6) is 0. The van der Waals surface area contributed by atoms with Crippen LogP contribution in [0.3, 0.4) is 0 Å². The number of nitrogens with one attached hydrogen (secondary N) is 1. The molecule has 0 aromatic heterocycles. The first kappa shape index (κ1) is 13.3. The number of hydrogen-bond acceptors (Lipinski definition) is 3. The van der Waals surface area contributed by atoms with Crippen molar-refractivity contribution in [2.75, 3.05) is 0 Å². The van der Waals surface area contributed by atoms with Crippen molar-refractivity contribution in [1.82, 2.24) is 5.43 Å². The van der Waals surface area contributed by atoms with Gasteiger partial charge in [0.15, 0.2) is 0 Å². The van der Waals surface area contributed by atoms with E-state index in [0.717, 1.165) is 16.7 Å². The lowest BCUT2D eigenvalue weighted by Gasteiger charge is -2.03. The first-order valence-corrected chi connectivity index (χ1v) is 5.88. The Kier molecular flexibility index (Phi) is 4.10. The second-order valence-corrected chi connectivity index (χ2v) is 4.05. The number of primary amides is 1. The lowest BCUT2D eigenvalue weighted by atomic mass is 10.0. The maximum atomic E-state index is 10.5. The van der Waals surface area contributed by atoms with Crippen LogP contribution in [0.1, 0.15) is 11.1 Å². The minimum Gasteiger partial charge on any atom is -0.350 e. The minimum atomic E-state index is -0.709. The van der Waals surface area contributed by atoms with Crippen molar-refractivity contribution in [3.05, 3.63) is 59.7 Å². The molecule has 0 fully saturated rings. The SMILES string of the molecule is N#Cc1cccc(-c2cccc(C=NNC(N)=O)c2)c1. The fourth-order valence-corrected chi connectivity index (χ4v) is 1.74. The van der Waals surface area contributed by atoms with Crippen molar-refractivity contribution in [3.63, 3.8) is 0 Å². The average Bonchev–Trinajstić information content (AvgIpc) is 2.47. The lowest BCUT2D eigenvalue weighted by Crippen LogP contribution is -2.24. The van der Waals surface area contributed by atoms with Crippen molar-refractivity contribution in [2.24, 2.45) is 10.8 Å². The molecule has 2 aromatic rings. The molecule has 0 aliphatic carbocycles. The van der Waals surface area contributed by atoms with E-state index in [1.54, 1.807) is 6.07 Å². The number of hydrogen-bond donors (Lipinski definition) is 2. The molecular formula is C15H12N4O. The third-order valence-corrected chi connectivity index (χ3v) is 2.60. The van der Waals surface area contributed by atoms with Crippen LogP contribution in [0.5, 0.6) is 0 Å². The van der Waals surface area contributed by atoms with Crippen LogP contribution in [0.15, 0.2) is 53.6 Å². The van der Waals surface area contributed by atoms with E-state index in [9.17, 15) is 4.79 Å². The number of nitrogens with zero attached hydrogens (tertiary/aromatic N) is 2. The Labute approximate surface area is 116 Å². The van der Waals surface area contributed by atoms with Gasteiger partial charge < -0.3 is 5.73 Å². The zero-order valence-corrected chi connectivity index (χ0v) is 10.6. The molecule has 0 radical (unpaired) electrons. The molecular weight excluding hydrogens is 252 g/mol. The van der Waals surface area contributed by atoms with Gasteiger partial charge >= 0.3 is 6.03 Å². The van der Waals surface area contributed by atoms with Crippen molar-refractivity contribution in [1.29, 1.82) is 5.26 Å². The number of rotatable bonds is 3. The van der Waals surface area contributed by atoms with Crippen molar-refractivity contribution in [2.45, 2.75) is 0 Å². The van der Waals surface area contributed by atoms with Crippen LogP contribution in [0.4, 0.5) is 4.79 Å². The number of carbonyl (C=O) groups excluding carboxylic acids is 1. The van der Waals surface area contributed by atoms with Crippen LogP contribution in [0.2, 0.25) is 0 Å². The Balaban J connectivity index is 2.27. The van der Waals surface area contributed by atoms with Crippen LogP contribution < -0.4 is 11.2 Å². The molecule has 98 valence electrons. The molecule has 0 saturated carbocycles. The summed E-state index contributed by atoms with van der Waals surface area (Å²) in [6.45, 7) is 0. The van der Waals surface area contributed by atoms with Gasteiger partial charge in [0.2, 0.25) is 0 Å². The Morgan fingerprint density at radius 3 is 2.60 bits per heavy atom. The highest BCUT2D eigenvalue weighted by atomic mass is 16.2. The second-order valence-electron chi connectivity index (χ2n) is 4.05. The van der Waals surface area contributed by atoms with Crippen molar-refractivity contribution in [3.8, 4) is 17.2 Å². The molecule has 2 amide bonds. The molecule has 2 rings (SSSR count). The molecule has 0 aliphatic heterocycles. The van der Waals surface area contributed by atoms with Gasteiger partial charge in [-0.05, 0) is 34.9 Å². The smallest absolute Gasteiger partial charge is 0.332 e. The quantitative estimate of drug-likeness (QED) is 0.657. The largest absolute Gasteiger partial charge is 0.350 e. The predicted molar refractivity (Wildman–Crippen MR) is 76.9 cm³/mol. The third kappa shape index (κ3) is 3.43. The first-order valence-electron chi connectivity index (χ1n) is 5.88. The average molecular weight is 264 g/mol. The summed E-state index contributed by atoms with van der Waals surface area (Å²) in [5.41, 5.74) is 10.4. The van der Waals surface area contributed by atoms with Gasteiger partial charge in [-0.2, -0.15) is 10.4 Å². The summed E-state index contributed by atoms with van der Waals surface area (Å²) >= 11 is 0. The number of nitrogens with two attached hydrogens (primary N) is 1. The van der Waals surface area contributed by atoms with Crippen LogP contribution in [0.25, 0.3) is 11.1 Å². The van der Waals surface area contributed by atoms with Crippen LogP contribution in [0, 0.1) is 11.3 Å². The number of amides is 2. The molecule has 3 N–H and O–H groups in total. The Morgan fingerprint density at radius 2 is 1.90 bits per heavy atom. The standard InChI is InChI=1S/C15H12N4O/c16-9-11-3-1-5-13(7-11)14-6-2-4-12(8-14)10-18-19-15(17)20/h1-8,10H,(H3,17,19,20). The van der Waals surface area contributed by atoms with Gasteiger partial charge in [-0.15, -0.1) is 0 Å². The number of benzene rings is 2. The predicted octanol–water partition coefficient (Wildman–Crippen LogP) is 2.23. The molecule has 0 atom stereocenters. The highest BCUT2D eigenvalue weighted by molar-refractivity contribution is 5.83. The fraction of sp³-hybridized carbons (Fsp3) is 0. The molecule has 0 heterocycles. The minimum absolute atomic E-state index is 0.608. The van der Waals surface area contributed by atoms with Crippen LogP contribution in [-0.4, -0.2) is 12.2 Å². The maximum absolute atomic E-state index is 10.5. The van der Waals surface area contributed by atoms with Crippen LogP contribution in [-0.2, 0) is 0 Å². The number of carbonyl (C=O) groups is 1. The summed E-state index contributed by atoms with van der Waals surface area (Å²) in [4.78, 5) is 10.5. The topological polar surface area (TPSA) is 91.3 Å². The van der Waals surface area contributed by atoms with Gasteiger partial charge in [0.1, 0.15) is 0 Å². The molecule has 0 bridgehead atoms. The normalized spacial score (nSPS) is 10.2. The molecule has 0 aliphatic rings. The molecule has 2 aromatic carbocycles. The molecule has 20 heavy (non-hydrogen) atoms. The van der Waals surface area contributed by atoms with E-state index in [1.807, 2.05) is 42.5 Å². The van der Waals surface area contributed by atoms with Gasteiger partial charge in [-0.25, -0.2) is 10.2 Å². The third-order valence-electron chi connectivity index (χ3n) is 2.60. The van der Waals surface area contributed by atoms with E-state index in [4.69, 9.17) is 11.0 Å². The molecule has 0 unspecified atom stereocenters. The first-order chi connectivity index (χ1) is 9.69. The highest BCUT2D eigenvalue weighted by Gasteiger charge is 2.00. The Morgan fingerprint density at radius 1 is 1.20 bits per heavy atom. The van der Waals surface area contributed by atoms with Gasteiger partial charge in [0, 0.05) is 0 Å². The Bertz CT molecular complexity index is 701. The molecule has 0 spiro atoms. The maximum Gasteiger partial charge on any atom is 0.332 e. The van der Waals surface area contributed by atoms with Crippen LogP contribution >= 0.6 is 0 Å². The molecule has 5 nitrogen and oxygen atoms in total. The van der Waals surface area contributed by atoms with Gasteiger partial charge in [0.25, 0.3) is 0 Å². The Hall–Kier alpha value is -3.13. The van der Waals surface area contributed by atoms with Gasteiger partial charge in [-0.1, -0.05) is 30.3 Å². The second kappa shape index (κ2) is 6.16. The summed E-state index contributed by atoms with van der Waals surface area (Å²) < 4.78 is 0. The van der Waals surface area contributed by atoms with E-state index >= 15 is 0 Å². The van der Waals surface area contributed by atoms with E-state index in [0.29, 0.717) is 5.56 Å². The highest BCUT2D eigenvalue weighted by Crippen LogP contribution is 2.20. The zero-order valence-electron chi connectivity index (χ0n) is 10.6. The van der Waals surface area contributed by atoms with E-state index in [2.05, 4.69) is 16.6 Å². The number of hydrazone groups is 1.